The molecule has 0 atom stereocenters. The number of benzene rings is 1. The zero-order chi connectivity index (χ0) is 19.9. The molecule has 0 N–H and O–H groups in total. The standard InChI is InChI=1S/C21H25ClN2O3S/c1-23(15-18-7-8-19(22)28-18)21(26)16-9-12-24(13-10-16)20(25)11-14-27-17-5-3-2-4-6-17/h2-8,16H,9-15H2,1H3. The average Bonchev–Trinajstić information content (AvgIpc) is 3.12. The van der Waals surface area contributed by atoms with Crippen LogP contribution in [0.15, 0.2) is 42.5 Å². The Kier molecular flexibility index (Phi) is 7.34. The Bertz CT molecular complexity index is 788. The lowest BCUT2D eigenvalue weighted by molar-refractivity contribution is -0.140. The highest BCUT2D eigenvalue weighted by Gasteiger charge is 2.29. The van der Waals surface area contributed by atoms with E-state index >= 15 is 0 Å². The number of halogens is 1. The molecule has 0 saturated carbocycles. The number of ether oxygens (including phenoxy) is 1. The summed E-state index contributed by atoms with van der Waals surface area (Å²) in [6, 6.07) is 13.3. The van der Waals surface area contributed by atoms with Gasteiger partial charge in [-0.15, -0.1) is 11.3 Å². The van der Waals surface area contributed by atoms with Crippen molar-refractivity contribution in [1.82, 2.24) is 9.80 Å². The van der Waals surface area contributed by atoms with Crippen molar-refractivity contribution in [3.8, 4) is 5.75 Å². The number of thiophene rings is 1. The van der Waals surface area contributed by atoms with Crippen molar-refractivity contribution in [3.05, 3.63) is 51.7 Å². The Labute approximate surface area is 174 Å². The summed E-state index contributed by atoms with van der Waals surface area (Å²) in [6.07, 6.45) is 1.77. The van der Waals surface area contributed by atoms with E-state index in [-0.39, 0.29) is 17.7 Å². The third kappa shape index (κ3) is 5.72. The molecule has 5 nitrogen and oxygen atoms in total. The smallest absolute Gasteiger partial charge is 0.225 e. The van der Waals surface area contributed by atoms with E-state index in [4.69, 9.17) is 16.3 Å². The van der Waals surface area contributed by atoms with Gasteiger partial charge in [0.05, 0.1) is 23.9 Å². The van der Waals surface area contributed by atoms with Gasteiger partial charge in [0, 0.05) is 30.9 Å². The molecule has 2 amide bonds. The molecule has 0 aliphatic carbocycles. The molecular formula is C21H25ClN2O3S. The van der Waals surface area contributed by atoms with Crippen LogP contribution in [0, 0.1) is 5.92 Å². The van der Waals surface area contributed by atoms with Crippen LogP contribution in [0.5, 0.6) is 5.75 Å². The first-order valence-corrected chi connectivity index (χ1v) is 10.7. The SMILES string of the molecule is CN(Cc1ccc(Cl)s1)C(=O)C1CCN(C(=O)CCOc2ccccc2)CC1. The monoisotopic (exact) mass is 420 g/mol. The summed E-state index contributed by atoms with van der Waals surface area (Å²) < 4.78 is 6.33. The fourth-order valence-corrected chi connectivity index (χ4v) is 4.51. The predicted molar refractivity (Wildman–Crippen MR) is 112 cm³/mol. The van der Waals surface area contributed by atoms with Crippen LogP contribution in [0.3, 0.4) is 0 Å². The van der Waals surface area contributed by atoms with Crippen molar-refractivity contribution in [3.63, 3.8) is 0 Å². The lowest BCUT2D eigenvalue weighted by Gasteiger charge is -2.33. The molecule has 0 radical (unpaired) electrons. The number of para-hydroxylation sites is 1. The fourth-order valence-electron chi connectivity index (χ4n) is 3.37. The van der Waals surface area contributed by atoms with Gasteiger partial charge in [0.15, 0.2) is 0 Å². The van der Waals surface area contributed by atoms with Gasteiger partial charge in [-0.1, -0.05) is 29.8 Å². The minimum Gasteiger partial charge on any atom is -0.493 e. The zero-order valence-corrected chi connectivity index (χ0v) is 17.5. The third-order valence-corrected chi connectivity index (χ3v) is 6.14. The van der Waals surface area contributed by atoms with Crippen molar-refractivity contribution >= 4 is 34.8 Å². The molecule has 2 aromatic rings. The highest BCUT2D eigenvalue weighted by atomic mass is 35.5. The molecule has 28 heavy (non-hydrogen) atoms. The number of carbonyl (C=O) groups excluding carboxylic acids is 2. The van der Waals surface area contributed by atoms with E-state index in [0.29, 0.717) is 45.5 Å². The largest absolute Gasteiger partial charge is 0.493 e. The Hall–Kier alpha value is -2.05. The normalized spacial score (nSPS) is 14.7. The number of carbonyl (C=O) groups is 2. The lowest BCUT2D eigenvalue weighted by atomic mass is 9.95. The van der Waals surface area contributed by atoms with Crippen LogP contribution in [0.1, 0.15) is 24.1 Å². The van der Waals surface area contributed by atoms with Gasteiger partial charge in [0.2, 0.25) is 11.8 Å². The van der Waals surface area contributed by atoms with Crippen LogP contribution >= 0.6 is 22.9 Å². The number of nitrogens with zero attached hydrogens (tertiary/aromatic N) is 2. The van der Waals surface area contributed by atoms with E-state index in [1.54, 1.807) is 4.90 Å². The van der Waals surface area contributed by atoms with Gasteiger partial charge < -0.3 is 14.5 Å². The molecule has 1 aliphatic rings. The molecule has 0 bridgehead atoms. The van der Waals surface area contributed by atoms with Crippen LogP contribution in [0.4, 0.5) is 0 Å². The quantitative estimate of drug-likeness (QED) is 0.678. The Morgan fingerprint density at radius 2 is 1.89 bits per heavy atom. The first kappa shape index (κ1) is 20.7. The molecule has 0 spiro atoms. The maximum Gasteiger partial charge on any atom is 0.225 e. The average molecular weight is 421 g/mol. The van der Waals surface area contributed by atoms with E-state index < -0.39 is 0 Å². The van der Waals surface area contributed by atoms with Crippen LogP contribution in [0.25, 0.3) is 0 Å². The van der Waals surface area contributed by atoms with Gasteiger partial charge in [0.25, 0.3) is 0 Å². The second-order valence-electron chi connectivity index (χ2n) is 6.97. The molecule has 150 valence electrons. The number of rotatable bonds is 7. The molecule has 1 saturated heterocycles. The van der Waals surface area contributed by atoms with Crippen molar-refractivity contribution in [2.45, 2.75) is 25.8 Å². The van der Waals surface area contributed by atoms with Gasteiger partial charge in [0.1, 0.15) is 5.75 Å². The topological polar surface area (TPSA) is 49.9 Å². The van der Waals surface area contributed by atoms with Crippen molar-refractivity contribution in [2.75, 3.05) is 26.7 Å². The van der Waals surface area contributed by atoms with Crippen molar-refractivity contribution < 1.29 is 14.3 Å². The van der Waals surface area contributed by atoms with E-state index in [1.807, 2.05) is 54.4 Å². The Morgan fingerprint density at radius 3 is 2.54 bits per heavy atom. The highest BCUT2D eigenvalue weighted by molar-refractivity contribution is 7.16. The van der Waals surface area contributed by atoms with E-state index in [9.17, 15) is 9.59 Å². The molecule has 1 aromatic carbocycles. The summed E-state index contributed by atoms with van der Waals surface area (Å²) >= 11 is 7.45. The van der Waals surface area contributed by atoms with Gasteiger partial charge in [-0.2, -0.15) is 0 Å². The number of hydrogen-bond acceptors (Lipinski definition) is 4. The summed E-state index contributed by atoms with van der Waals surface area (Å²) in [7, 11) is 1.83. The van der Waals surface area contributed by atoms with Crippen molar-refractivity contribution in [2.24, 2.45) is 5.92 Å². The molecule has 1 aliphatic heterocycles. The molecular weight excluding hydrogens is 396 g/mol. The summed E-state index contributed by atoms with van der Waals surface area (Å²) in [5.41, 5.74) is 0. The lowest BCUT2D eigenvalue weighted by Crippen LogP contribution is -2.43. The van der Waals surface area contributed by atoms with E-state index in [1.165, 1.54) is 11.3 Å². The number of piperidine rings is 1. The second-order valence-corrected chi connectivity index (χ2v) is 8.77. The van der Waals surface area contributed by atoms with Gasteiger partial charge >= 0.3 is 0 Å². The second kappa shape index (κ2) is 9.94. The van der Waals surface area contributed by atoms with Crippen LogP contribution in [0.2, 0.25) is 4.34 Å². The van der Waals surface area contributed by atoms with Gasteiger partial charge in [-0.05, 0) is 37.1 Å². The summed E-state index contributed by atoms with van der Waals surface area (Å²) in [5.74, 6) is 0.979. The van der Waals surface area contributed by atoms with Crippen LogP contribution in [-0.2, 0) is 16.1 Å². The number of likely N-dealkylation sites (tertiary alicyclic amines) is 1. The summed E-state index contributed by atoms with van der Waals surface area (Å²) in [5, 5.41) is 0. The molecule has 7 heteroatoms. The summed E-state index contributed by atoms with van der Waals surface area (Å²) in [6.45, 7) is 2.19. The minimum absolute atomic E-state index is 0.0231. The molecule has 1 aromatic heterocycles. The van der Waals surface area contributed by atoms with Crippen LogP contribution < -0.4 is 4.74 Å². The first-order valence-electron chi connectivity index (χ1n) is 9.48. The highest BCUT2D eigenvalue weighted by Crippen LogP contribution is 2.25. The molecule has 0 unspecified atom stereocenters. The number of amides is 2. The molecule has 1 fully saturated rings. The van der Waals surface area contributed by atoms with Crippen LogP contribution in [-0.4, -0.2) is 48.4 Å². The first-order chi connectivity index (χ1) is 13.5. The van der Waals surface area contributed by atoms with E-state index in [0.717, 1.165) is 15.0 Å². The zero-order valence-electron chi connectivity index (χ0n) is 16.0. The Balaban J connectivity index is 1.39. The number of hydrogen-bond donors (Lipinski definition) is 0. The molecule has 3 rings (SSSR count). The Morgan fingerprint density at radius 1 is 1.18 bits per heavy atom. The predicted octanol–water partition coefficient (Wildman–Crippen LogP) is 4.07. The van der Waals surface area contributed by atoms with Gasteiger partial charge in [-0.3, -0.25) is 9.59 Å². The third-order valence-electron chi connectivity index (χ3n) is 4.92. The van der Waals surface area contributed by atoms with E-state index in [2.05, 4.69) is 0 Å². The van der Waals surface area contributed by atoms with Gasteiger partial charge in [-0.25, -0.2) is 0 Å². The maximum atomic E-state index is 12.7. The maximum absolute atomic E-state index is 12.7. The minimum atomic E-state index is -0.0231. The van der Waals surface area contributed by atoms with Crippen molar-refractivity contribution in [1.29, 1.82) is 0 Å². The fraction of sp³-hybridized carbons (Fsp3) is 0.429. The summed E-state index contributed by atoms with van der Waals surface area (Å²) in [4.78, 5) is 29.8. The molecule has 2 heterocycles.